The van der Waals surface area contributed by atoms with Gasteiger partial charge in [-0.05, 0) is 53.4 Å². The molecule has 2 amide bonds. The SMILES string of the molecule is Cc1ccccc1[C@@H](NC(=O)c1ccc([C@@H]2SCC(=O)N2Cc2ccco2)cc1)c1ccccc1. The third kappa shape index (κ3) is 5.03. The van der Waals surface area contributed by atoms with Crippen LogP contribution in [0, 0.1) is 6.92 Å². The van der Waals surface area contributed by atoms with Crippen LogP contribution >= 0.6 is 11.8 Å². The number of aryl methyl sites for hydroxylation is 1. The molecule has 6 heteroatoms. The number of hydrogen-bond donors (Lipinski definition) is 1. The highest BCUT2D eigenvalue weighted by Gasteiger charge is 2.33. The smallest absolute Gasteiger partial charge is 0.252 e. The van der Waals surface area contributed by atoms with E-state index in [-0.39, 0.29) is 23.2 Å². The van der Waals surface area contributed by atoms with Crippen molar-refractivity contribution in [1.82, 2.24) is 10.2 Å². The average Bonchev–Trinajstić information content (AvgIpc) is 3.54. The third-order valence-electron chi connectivity index (χ3n) is 6.24. The number of nitrogens with one attached hydrogen (secondary N) is 1. The Balaban J connectivity index is 1.35. The van der Waals surface area contributed by atoms with Gasteiger partial charge in [0, 0.05) is 5.56 Å². The van der Waals surface area contributed by atoms with Crippen molar-refractivity contribution >= 4 is 23.6 Å². The lowest BCUT2D eigenvalue weighted by molar-refractivity contribution is -0.128. The zero-order valence-electron chi connectivity index (χ0n) is 19.4. The number of carbonyl (C=O) groups is 2. The van der Waals surface area contributed by atoms with E-state index >= 15 is 0 Å². The molecule has 0 bridgehead atoms. The van der Waals surface area contributed by atoms with Crippen LogP contribution in [-0.2, 0) is 11.3 Å². The summed E-state index contributed by atoms with van der Waals surface area (Å²) >= 11 is 1.59. The molecule has 2 heterocycles. The summed E-state index contributed by atoms with van der Waals surface area (Å²) < 4.78 is 5.44. The monoisotopic (exact) mass is 482 g/mol. The fraction of sp³-hybridized carbons (Fsp3) is 0.172. The van der Waals surface area contributed by atoms with Gasteiger partial charge in [0.2, 0.25) is 5.91 Å². The molecule has 0 spiro atoms. The van der Waals surface area contributed by atoms with Crippen LogP contribution in [0.3, 0.4) is 0 Å². The van der Waals surface area contributed by atoms with Crippen molar-refractivity contribution in [1.29, 1.82) is 0 Å². The van der Waals surface area contributed by atoms with Gasteiger partial charge in [-0.3, -0.25) is 9.59 Å². The molecule has 1 aliphatic heterocycles. The molecule has 0 unspecified atom stereocenters. The summed E-state index contributed by atoms with van der Waals surface area (Å²) in [5.74, 6) is 1.13. The zero-order chi connectivity index (χ0) is 24.2. The number of amides is 2. The van der Waals surface area contributed by atoms with Crippen LogP contribution in [0.15, 0.2) is 102 Å². The van der Waals surface area contributed by atoms with Crippen molar-refractivity contribution in [3.63, 3.8) is 0 Å². The van der Waals surface area contributed by atoms with Gasteiger partial charge in [-0.1, -0.05) is 66.7 Å². The molecule has 176 valence electrons. The summed E-state index contributed by atoms with van der Waals surface area (Å²) in [7, 11) is 0. The molecule has 3 aromatic carbocycles. The summed E-state index contributed by atoms with van der Waals surface area (Å²) in [6, 6.07) is 29.1. The summed E-state index contributed by atoms with van der Waals surface area (Å²) in [5, 5.41) is 3.12. The summed E-state index contributed by atoms with van der Waals surface area (Å²) in [6.45, 7) is 2.49. The van der Waals surface area contributed by atoms with E-state index in [1.807, 2.05) is 83.8 Å². The van der Waals surface area contributed by atoms with Gasteiger partial charge < -0.3 is 14.6 Å². The predicted molar refractivity (Wildman–Crippen MR) is 138 cm³/mol. The maximum atomic E-state index is 13.3. The maximum absolute atomic E-state index is 13.3. The molecule has 2 atom stereocenters. The van der Waals surface area contributed by atoms with E-state index in [1.54, 1.807) is 18.0 Å². The molecule has 5 rings (SSSR count). The molecule has 5 nitrogen and oxygen atoms in total. The normalized spacial score (nSPS) is 16.3. The molecular formula is C29H26N2O3S. The first kappa shape index (κ1) is 23.0. The van der Waals surface area contributed by atoms with Gasteiger partial charge >= 0.3 is 0 Å². The van der Waals surface area contributed by atoms with Gasteiger partial charge in [-0.25, -0.2) is 0 Å². The van der Waals surface area contributed by atoms with Crippen LogP contribution in [0.25, 0.3) is 0 Å². The number of furan rings is 1. The van der Waals surface area contributed by atoms with Crippen LogP contribution < -0.4 is 5.32 Å². The van der Waals surface area contributed by atoms with Crippen molar-refractivity contribution in [2.24, 2.45) is 0 Å². The van der Waals surface area contributed by atoms with E-state index in [1.165, 1.54) is 0 Å². The Bertz CT molecular complexity index is 1300. The lowest BCUT2D eigenvalue weighted by atomic mass is 9.94. The third-order valence-corrected chi connectivity index (χ3v) is 7.50. The molecule has 0 saturated carbocycles. The van der Waals surface area contributed by atoms with Crippen molar-refractivity contribution in [2.75, 3.05) is 5.75 Å². The van der Waals surface area contributed by atoms with Crippen molar-refractivity contribution in [2.45, 2.75) is 24.9 Å². The van der Waals surface area contributed by atoms with E-state index in [4.69, 9.17) is 4.42 Å². The minimum absolute atomic E-state index is 0.0853. The lowest BCUT2D eigenvalue weighted by Gasteiger charge is -2.24. The molecule has 0 aliphatic carbocycles. The Kier molecular flexibility index (Phi) is 6.73. The van der Waals surface area contributed by atoms with E-state index in [0.717, 1.165) is 28.0 Å². The number of thioether (sulfide) groups is 1. The van der Waals surface area contributed by atoms with E-state index in [0.29, 0.717) is 17.9 Å². The Labute approximate surface area is 209 Å². The second kappa shape index (κ2) is 10.2. The van der Waals surface area contributed by atoms with Crippen molar-refractivity contribution in [3.8, 4) is 0 Å². The fourth-order valence-corrected chi connectivity index (χ4v) is 5.57. The van der Waals surface area contributed by atoms with Gasteiger partial charge in [-0.15, -0.1) is 11.8 Å². The second-order valence-corrected chi connectivity index (χ2v) is 9.63. The van der Waals surface area contributed by atoms with Gasteiger partial charge in [0.05, 0.1) is 24.6 Å². The quantitative estimate of drug-likeness (QED) is 0.357. The number of hydrogen-bond acceptors (Lipinski definition) is 4. The first-order valence-electron chi connectivity index (χ1n) is 11.5. The molecule has 4 aromatic rings. The average molecular weight is 483 g/mol. The zero-order valence-corrected chi connectivity index (χ0v) is 20.2. The minimum Gasteiger partial charge on any atom is -0.467 e. The minimum atomic E-state index is -0.253. The predicted octanol–water partition coefficient (Wildman–Crippen LogP) is 5.88. The number of carbonyl (C=O) groups excluding carboxylic acids is 2. The van der Waals surface area contributed by atoms with E-state index in [9.17, 15) is 9.59 Å². The van der Waals surface area contributed by atoms with E-state index < -0.39 is 0 Å². The van der Waals surface area contributed by atoms with Gasteiger partial charge in [0.15, 0.2) is 0 Å². The Hall–Kier alpha value is -3.77. The fourth-order valence-electron chi connectivity index (χ4n) is 4.38. The summed E-state index contributed by atoms with van der Waals surface area (Å²) in [4.78, 5) is 27.6. The van der Waals surface area contributed by atoms with E-state index in [2.05, 4.69) is 24.4 Å². The first-order valence-corrected chi connectivity index (χ1v) is 12.6. The number of benzene rings is 3. The van der Waals surface area contributed by atoms with Crippen LogP contribution in [0.5, 0.6) is 0 Å². The molecule has 35 heavy (non-hydrogen) atoms. The largest absolute Gasteiger partial charge is 0.467 e. The number of rotatable bonds is 7. The molecule has 1 aromatic heterocycles. The second-order valence-electron chi connectivity index (χ2n) is 8.56. The van der Waals surface area contributed by atoms with Gasteiger partial charge in [-0.2, -0.15) is 0 Å². The molecule has 1 saturated heterocycles. The summed E-state index contributed by atoms with van der Waals surface area (Å²) in [5.41, 5.74) is 4.79. The van der Waals surface area contributed by atoms with Gasteiger partial charge in [0.1, 0.15) is 11.1 Å². The van der Waals surface area contributed by atoms with Crippen LogP contribution in [-0.4, -0.2) is 22.5 Å². The highest BCUT2D eigenvalue weighted by molar-refractivity contribution is 8.00. The molecule has 1 fully saturated rings. The molecular weight excluding hydrogens is 456 g/mol. The standard InChI is InChI=1S/C29H26N2O3S/c1-20-8-5-6-12-25(20)27(21-9-3-2-4-10-21)30-28(33)22-13-15-23(16-14-22)29-31(26(32)19-35-29)18-24-11-7-17-34-24/h2-17,27,29H,18-19H2,1H3,(H,30,33)/t27-,29-/m0/s1. The Morgan fingerprint density at radius 3 is 2.46 bits per heavy atom. The van der Waals surface area contributed by atoms with Crippen LogP contribution in [0.4, 0.5) is 0 Å². The topological polar surface area (TPSA) is 62.6 Å². The highest BCUT2D eigenvalue weighted by atomic mass is 32.2. The maximum Gasteiger partial charge on any atom is 0.252 e. The number of nitrogens with zero attached hydrogens (tertiary/aromatic N) is 1. The first-order chi connectivity index (χ1) is 17.1. The lowest BCUT2D eigenvalue weighted by Crippen LogP contribution is -2.30. The van der Waals surface area contributed by atoms with Gasteiger partial charge in [0.25, 0.3) is 5.91 Å². The molecule has 1 N–H and O–H groups in total. The molecule has 1 aliphatic rings. The summed E-state index contributed by atoms with van der Waals surface area (Å²) in [6.07, 6.45) is 1.62. The molecule has 0 radical (unpaired) electrons. The van der Waals surface area contributed by atoms with Crippen molar-refractivity contribution in [3.05, 3.63) is 131 Å². The highest BCUT2D eigenvalue weighted by Crippen LogP contribution is 2.39. The Morgan fingerprint density at radius 1 is 1.00 bits per heavy atom. The van der Waals surface area contributed by atoms with Crippen molar-refractivity contribution < 1.29 is 14.0 Å². The van der Waals surface area contributed by atoms with Crippen LogP contribution in [0.2, 0.25) is 0 Å². The van der Waals surface area contributed by atoms with Crippen LogP contribution in [0.1, 0.15) is 49.8 Å². The Morgan fingerprint density at radius 2 is 1.74 bits per heavy atom.